The van der Waals surface area contributed by atoms with Crippen molar-refractivity contribution in [3.05, 3.63) is 81.0 Å². The molecular formula is C21H19ClO3S. The Balaban J connectivity index is 1.76. The summed E-state index contributed by atoms with van der Waals surface area (Å²) < 4.78 is 10.8. The lowest BCUT2D eigenvalue weighted by Gasteiger charge is -2.10. The molecule has 0 aliphatic heterocycles. The Kier molecular flexibility index (Phi) is 6.31. The van der Waals surface area contributed by atoms with E-state index in [-0.39, 0.29) is 5.97 Å². The zero-order valence-electron chi connectivity index (χ0n) is 14.4. The number of carbonyl (C=O) groups is 1. The van der Waals surface area contributed by atoms with Crippen molar-refractivity contribution in [1.82, 2.24) is 0 Å². The first-order valence-electron chi connectivity index (χ1n) is 8.32. The molecule has 0 unspecified atom stereocenters. The summed E-state index contributed by atoms with van der Waals surface area (Å²) >= 11 is 7.68. The van der Waals surface area contributed by atoms with Gasteiger partial charge in [0, 0.05) is 9.90 Å². The van der Waals surface area contributed by atoms with Gasteiger partial charge in [-0.15, -0.1) is 11.3 Å². The number of esters is 1. The van der Waals surface area contributed by atoms with Gasteiger partial charge >= 0.3 is 5.97 Å². The Morgan fingerprint density at radius 1 is 1.04 bits per heavy atom. The highest BCUT2D eigenvalue weighted by molar-refractivity contribution is 7.09. The van der Waals surface area contributed by atoms with Gasteiger partial charge < -0.3 is 9.47 Å². The van der Waals surface area contributed by atoms with Crippen LogP contribution in [-0.4, -0.2) is 13.1 Å². The second-order valence-electron chi connectivity index (χ2n) is 5.85. The molecule has 0 saturated heterocycles. The average molecular weight is 387 g/mol. The molecule has 2 aromatic carbocycles. The van der Waals surface area contributed by atoms with E-state index in [9.17, 15) is 4.79 Å². The van der Waals surface area contributed by atoms with Crippen molar-refractivity contribution >= 4 is 28.9 Å². The Morgan fingerprint density at radius 3 is 2.54 bits per heavy atom. The Bertz CT molecular complexity index is 857. The van der Waals surface area contributed by atoms with Crippen molar-refractivity contribution in [2.75, 3.05) is 7.11 Å². The minimum Gasteiger partial charge on any atom is -0.465 e. The van der Waals surface area contributed by atoms with Crippen molar-refractivity contribution in [3.63, 3.8) is 0 Å². The highest BCUT2D eigenvalue weighted by Gasteiger charge is 2.11. The lowest BCUT2D eigenvalue weighted by Crippen LogP contribution is -2.03. The number of ether oxygens (including phenoxy) is 2. The molecule has 0 amide bonds. The van der Waals surface area contributed by atoms with Gasteiger partial charge in [0.15, 0.2) is 0 Å². The SMILES string of the molecule is COC(=O)c1cc(CCCc2cccs2)cc(Oc2ccc(Cl)cc2)c1. The maximum atomic E-state index is 12.0. The molecule has 0 radical (unpaired) electrons. The third kappa shape index (κ3) is 5.10. The van der Waals surface area contributed by atoms with E-state index < -0.39 is 0 Å². The van der Waals surface area contributed by atoms with Gasteiger partial charge in [-0.2, -0.15) is 0 Å². The molecule has 0 aliphatic carbocycles. The smallest absolute Gasteiger partial charge is 0.337 e. The van der Waals surface area contributed by atoms with Crippen LogP contribution in [0.5, 0.6) is 11.5 Å². The zero-order valence-corrected chi connectivity index (χ0v) is 16.0. The molecule has 3 aromatic rings. The largest absolute Gasteiger partial charge is 0.465 e. The fourth-order valence-electron chi connectivity index (χ4n) is 2.66. The molecule has 0 spiro atoms. The quantitative estimate of drug-likeness (QED) is 0.456. The van der Waals surface area contributed by atoms with Crippen molar-refractivity contribution in [1.29, 1.82) is 0 Å². The molecule has 0 fully saturated rings. The fraction of sp³-hybridized carbons (Fsp3) is 0.190. The number of rotatable bonds is 7. The molecule has 5 heteroatoms. The summed E-state index contributed by atoms with van der Waals surface area (Å²) in [5.74, 6) is 0.911. The predicted molar refractivity (Wildman–Crippen MR) is 106 cm³/mol. The van der Waals surface area contributed by atoms with Gasteiger partial charge in [0.2, 0.25) is 0 Å². The van der Waals surface area contributed by atoms with E-state index in [1.54, 1.807) is 41.7 Å². The van der Waals surface area contributed by atoms with Gasteiger partial charge in [-0.25, -0.2) is 4.79 Å². The Hall–Kier alpha value is -2.30. The lowest BCUT2D eigenvalue weighted by molar-refractivity contribution is 0.0600. The summed E-state index contributed by atoms with van der Waals surface area (Å²) in [6.45, 7) is 0. The Labute approximate surface area is 162 Å². The van der Waals surface area contributed by atoms with Crippen molar-refractivity contribution in [2.45, 2.75) is 19.3 Å². The topological polar surface area (TPSA) is 35.5 Å². The highest BCUT2D eigenvalue weighted by Crippen LogP contribution is 2.26. The van der Waals surface area contributed by atoms with E-state index >= 15 is 0 Å². The van der Waals surface area contributed by atoms with Crippen LogP contribution < -0.4 is 4.74 Å². The molecule has 0 aliphatic rings. The third-order valence-corrected chi connectivity index (χ3v) is 5.09. The summed E-state index contributed by atoms with van der Waals surface area (Å²) in [6.07, 6.45) is 2.89. The summed E-state index contributed by atoms with van der Waals surface area (Å²) in [6, 6.07) is 16.9. The van der Waals surface area contributed by atoms with Crippen molar-refractivity contribution < 1.29 is 14.3 Å². The van der Waals surface area contributed by atoms with Crippen LogP contribution in [0.3, 0.4) is 0 Å². The number of carbonyl (C=O) groups excluding carboxylic acids is 1. The van der Waals surface area contributed by atoms with Crippen molar-refractivity contribution in [3.8, 4) is 11.5 Å². The Morgan fingerprint density at radius 2 is 1.85 bits per heavy atom. The second-order valence-corrected chi connectivity index (χ2v) is 7.31. The highest BCUT2D eigenvalue weighted by atomic mass is 35.5. The standard InChI is InChI=1S/C21H19ClO3S/c1-24-21(23)16-12-15(4-2-5-20-6-3-11-26-20)13-19(14-16)25-18-9-7-17(22)8-10-18/h3,6-14H,2,4-5H2,1H3. The summed E-state index contributed by atoms with van der Waals surface area (Å²) in [5.41, 5.74) is 1.54. The number of methoxy groups -OCH3 is 1. The molecule has 134 valence electrons. The molecule has 3 rings (SSSR count). The van der Waals surface area contributed by atoms with Gasteiger partial charge in [-0.3, -0.25) is 0 Å². The number of hydrogen-bond donors (Lipinski definition) is 0. The van der Waals surface area contributed by atoms with Gasteiger partial charge in [0.05, 0.1) is 12.7 Å². The lowest BCUT2D eigenvalue weighted by atomic mass is 10.0. The number of thiophene rings is 1. The van der Waals surface area contributed by atoms with Gasteiger partial charge in [-0.1, -0.05) is 17.7 Å². The average Bonchev–Trinajstić information content (AvgIpc) is 3.16. The number of hydrogen-bond acceptors (Lipinski definition) is 4. The van der Waals surface area contributed by atoms with Crippen LogP contribution in [0.15, 0.2) is 60.0 Å². The van der Waals surface area contributed by atoms with Crippen LogP contribution >= 0.6 is 22.9 Å². The number of halogens is 1. The first-order chi connectivity index (χ1) is 12.6. The number of aryl methyl sites for hydroxylation is 2. The van der Waals surface area contributed by atoms with E-state index in [4.69, 9.17) is 21.1 Å². The molecular weight excluding hydrogens is 368 g/mol. The molecule has 0 saturated carbocycles. The number of benzene rings is 2. The maximum Gasteiger partial charge on any atom is 0.337 e. The van der Waals surface area contributed by atoms with Gasteiger partial charge in [0.1, 0.15) is 11.5 Å². The molecule has 0 N–H and O–H groups in total. The maximum absolute atomic E-state index is 12.0. The van der Waals surface area contributed by atoms with E-state index in [0.29, 0.717) is 22.1 Å². The molecule has 26 heavy (non-hydrogen) atoms. The van der Waals surface area contributed by atoms with Crippen LogP contribution in [0.1, 0.15) is 27.2 Å². The first-order valence-corrected chi connectivity index (χ1v) is 9.58. The van der Waals surface area contributed by atoms with Gasteiger partial charge in [-0.05, 0) is 78.7 Å². The minimum atomic E-state index is -0.369. The van der Waals surface area contributed by atoms with E-state index in [2.05, 4.69) is 17.5 Å². The normalized spacial score (nSPS) is 10.5. The van der Waals surface area contributed by atoms with Crippen LogP contribution in [0, 0.1) is 0 Å². The zero-order chi connectivity index (χ0) is 18.4. The van der Waals surface area contributed by atoms with E-state index in [0.717, 1.165) is 24.8 Å². The fourth-order valence-corrected chi connectivity index (χ4v) is 3.54. The van der Waals surface area contributed by atoms with Crippen LogP contribution in [0.4, 0.5) is 0 Å². The molecule has 1 heterocycles. The second kappa shape index (κ2) is 8.88. The third-order valence-electron chi connectivity index (χ3n) is 3.91. The predicted octanol–water partition coefficient (Wildman–Crippen LogP) is 6.16. The molecule has 1 aromatic heterocycles. The summed E-state index contributed by atoms with van der Waals surface area (Å²) in [5, 5.41) is 2.74. The monoisotopic (exact) mass is 386 g/mol. The van der Waals surface area contributed by atoms with Gasteiger partial charge in [0.25, 0.3) is 0 Å². The minimum absolute atomic E-state index is 0.369. The molecule has 0 bridgehead atoms. The van der Waals surface area contributed by atoms with Crippen molar-refractivity contribution in [2.24, 2.45) is 0 Å². The van der Waals surface area contributed by atoms with E-state index in [1.807, 2.05) is 12.1 Å². The van der Waals surface area contributed by atoms with Crippen LogP contribution in [0.2, 0.25) is 5.02 Å². The van der Waals surface area contributed by atoms with E-state index in [1.165, 1.54) is 12.0 Å². The van der Waals surface area contributed by atoms with Crippen LogP contribution in [-0.2, 0) is 17.6 Å². The first kappa shape index (κ1) is 18.5. The molecule has 3 nitrogen and oxygen atoms in total. The van der Waals surface area contributed by atoms with Crippen LogP contribution in [0.25, 0.3) is 0 Å². The summed E-state index contributed by atoms with van der Waals surface area (Å²) in [4.78, 5) is 13.3. The molecule has 0 atom stereocenters. The summed E-state index contributed by atoms with van der Waals surface area (Å²) in [7, 11) is 1.38.